The molecule has 0 radical (unpaired) electrons. The molecule has 0 saturated heterocycles. The molecule has 0 aliphatic heterocycles. The molecule has 0 fully saturated rings. The Morgan fingerprint density at radius 3 is 2.47 bits per heavy atom. The molecule has 0 aliphatic carbocycles. The normalized spacial score (nSPS) is 11.5. The fraction of sp³-hybridized carbons (Fsp3) is 0.130. The van der Waals surface area contributed by atoms with Gasteiger partial charge in [-0.15, -0.1) is 10.2 Å². The fourth-order valence-electron chi connectivity index (χ4n) is 3.63. The highest BCUT2D eigenvalue weighted by atomic mass is 32.2. The van der Waals surface area contributed by atoms with Gasteiger partial charge in [-0.2, -0.15) is 8.78 Å². The van der Waals surface area contributed by atoms with E-state index in [0.29, 0.717) is 22.0 Å². The molecule has 0 saturated carbocycles. The second kappa shape index (κ2) is 8.51. The first kappa shape index (κ1) is 20.3. The van der Waals surface area contributed by atoms with E-state index in [1.807, 2.05) is 47.9 Å². The molecule has 0 atom stereocenters. The monoisotopic (exact) mass is 448 g/mol. The number of hydrogen-bond acceptors (Lipinski definition) is 5. The summed E-state index contributed by atoms with van der Waals surface area (Å²) in [5.41, 5.74) is 3.79. The van der Waals surface area contributed by atoms with Gasteiger partial charge in [0.05, 0.1) is 22.5 Å². The summed E-state index contributed by atoms with van der Waals surface area (Å²) in [5, 5.41) is 9.39. The lowest BCUT2D eigenvalue weighted by molar-refractivity contribution is 0.0722. The molecular formula is C23H18F2N6S. The third kappa shape index (κ3) is 3.64. The molecule has 2 aromatic carbocycles. The Hall–Kier alpha value is -3.59. The van der Waals surface area contributed by atoms with E-state index in [1.165, 1.54) is 11.8 Å². The molecule has 32 heavy (non-hydrogen) atoms. The average molecular weight is 449 g/mol. The lowest BCUT2D eigenvalue weighted by atomic mass is 10.2. The van der Waals surface area contributed by atoms with Crippen LogP contribution in [0.15, 0.2) is 78.2 Å². The number of para-hydroxylation sites is 3. The smallest absolute Gasteiger partial charge is 0.270 e. The van der Waals surface area contributed by atoms with Gasteiger partial charge in [-0.1, -0.05) is 42.1 Å². The van der Waals surface area contributed by atoms with E-state index in [0.717, 1.165) is 21.4 Å². The van der Waals surface area contributed by atoms with Crippen LogP contribution in [0.5, 0.6) is 0 Å². The molecule has 0 spiro atoms. The van der Waals surface area contributed by atoms with Crippen molar-refractivity contribution in [2.75, 3.05) is 0 Å². The van der Waals surface area contributed by atoms with E-state index < -0.39 is 6.55 Å². The van der Waals surface area contributed by atoms with E-state index in [2.05, 4.69) is 20.2 Å². The number of fused-ring (bicyclic) bond motifs is 1. The highest BCUT2D eigenvalue weighted by Gasteiger charge is 2.21. The van der Waals surface area contributed by atoms with Gasteiger partial charge in [0.15, 0.2) is 11.0 Å². The number of alkyl halides is 2. The number of hydrogen-bond donors (Lipinski definition) is 0. The number of nitrogens with zero attached hydrogens (tertiary/aromatic N) is 6. The van der Waals surface area contributed by atoms with Crippen LogP contribution in [0.2, 0.25) is 0 Å². The Morgan fingerprint density at radius 1 is 0.938 bits per heavy atom. The maximum absolute atomic E-state index is 13.8. The number of rotatable bonds is 6. The number of halogens is 2. The summed E-state index contributed by atoms with van der Waals surface area (Å²) in [6, 6.07) is 18.6. The number of benzene rings is 2. The van der Waals surface area contributed by atoms with Gasteiger partial charge in [0.1, 0.15) is 5.82 Å². The number of aromatic nitrogens is 6. The highest BCUT2D eigenvalue weighted by Crippen LogP contribution is 2.32. The van der Waals surface area contributed by atoms with Gasteiger partial charge in [-0.25, -0.2) is 4.98 Å². The fourth-order valence-corrected chi connectivity index (χ4v) is 4.50. The number of imidazole rings is 1. The van der Waals surface area contributed by atoms with Gasteiger partial charge in [0, 0.05) is 18.0 Å². The third-order valence-corrected chi connectivity index (χ3v) is 6.05. The quantitative estimate of drug-likeness (QED) is 0.313. The maximum atomic E-state index is 13.8. The van der Waals surface area contributed by atoms with Crippen LogP contribution in [0.25, 0.3) is 28.1 Å². The average Bonchev–Trinajstić information content (AvgIpc) is 3.40. The van der Waals surface area contributed by atoms with E-state index in [9.17, 15) is 8.78 Å². The van der Waals surface area contributed by atoms with Crippen molar-refractivity contribution in [1.82, 2.24) is 29.3 Å². The molecule has 6 nitrogen and oxygen atoms in total. The van der Waals surface area contributed by atoms with Crippen LogP contribution >= 0.6 is 11.8 Å². The van der Waals surface area contributed by atoms with Gasteiger partial charge in [-0.3, -0.25) is 14.1 Å². The van der Waals surface area contributed by atoms with E-state index in [-0.39, 0.29) is 11.6 Å². The molecule has 160 valence electrons. The van der Waals surface area contributed by atoms with Crippen LogP contribution < -0.4 is 0 Å². The topological polar surface area (TPSA) is 61.4 Å². The number of thioether (sulfide) groups is 1. The van der Waals surface area contributed by atoms with Crippen molar-refractivity contribution in [1.29, 1.82) is 0 Å². The van der Waals surface area contributed by atoms with Crippen molar-refractivity contribution >= 4 is 22.8 Å². The van der Waals surface area contributed by atoms with Crippen molar-refractivity contribution < 1.29 is 8.78 Å². The second-order valence-electron chi connectivity index (χ2n) is 7.12. The zero-order valence-corrected chi connectivity index (χ0v) is 17.9. The number of pyridine rings is 1. The van der Waals surface area contributed by atoms with Crippen molar-refractivity contribution in [2.24, 2.45) is 0 Å². The molecule has 9 heteroatoms. The summed E-state index contributed by atoms with van der Waals surface area (Å²) in [4.78, 5) is 8.51. The van der Waals surface area contributed by atoms with Crippen molar-refractivity contribution in [2.45, 2.75) is 24.4 Å². The molecule has 3 aromatic heterocycles. The Labute approximate surface area is 187 Å². The van der Waals surface area contributed by atoms with Gasteiger partial charge >= 0.3 is 6.55 Å². The molecule has 5 aromatic rings. The molecule has 0 bridgehead atoms. The van der Waals surface area contributed by atoms with Crippen LogP contribution in [0.3, 0.4) is 0 Å². The predicted octanol–water partition coefficient (Wildman–Crippen LogP) is 5.67. The van der Waals surface area contributed by atoms with Crippen LogP contribution in [-0.2, 0) is 5.75 Å². The first-order valence-electron chi connectivity index (χ1n) is 9.92. The van der Waals surface area contributed by atoms with E-state index in [4.69, 9.17) is 0 Å². The van der Waals surface area contributed by atoms with Gasteiger partial charge < -0.3 is 0 Å². The summed E-state index contributed by atoms with van der Waals surface area (Å²) >= 11 is 1.32. The minimum Gasteiger partial charge on any atom is -0.270 e. The molecular weight excluding hydrogens is 430 g/mol. The first-order chi connectivity index (χ1) is 15.6. The van der Waals surface area contributed by atoms with E-state index >= 15 is 0 Å². The predicted molar refractivity (Wildman–Crippen MR) is 120 cm³/mol. The first-order valence-corrected chi connectivity index (χ1v) is 10.9. The minimum absolute atomic E-state index is 0.222. The summed E-state index contributed by atoms with van der Waals surface area (Å²) in [5.74, 6) is 1.17. The van der Waals surface area contributed by atoms with Crippen LogP contribution in [0, 0.1) is 6.92 Å². The Balaban J connectivity index is 1.57. The van der Waals surface area contributed by atoms with Gasteiger partial charge in [0.2, 0.25) is 0 Å². The second-order valence-corrected chi connectivity index (χ2v) is 8.06. The zero-order chi connectivity index (χ0) is 22.1. The van der Waals surface area contributed by atoms with E-state index in [1.54, 1.807) is 36.7 Å². The van der Waals surface area contributed by atoms with Gasteiger partial charge in [-0.05, 0) is 42.8 Å². The van der Waals surface area contributed by atoms with Crippen molar-refractivity contribution in [3.63, 3.8) is 0 Å². The SMILES string of the molecule is Cc1ccccc1-n1c(SCc2nc3ccccc3n2C(F)F)nnc1-c1ccncc1. The molecule has 0 amide bonds. The summed E-state index contributed by atoms with van der Waals surface area (Å²) in [6.07, 6.45) is 3.40. The zero-order valence-electron chi connectivity index (χ0n) is 17.1. The van der Waals surface area contributed by atoms with Crippen molar-refractivity contribution in [3.8, 4) is 17.1 Å². The third-order valence-electron chi connectivity index (χ3n) is 5.12. The summed E-state index contributed by atoms with van der Waals surface area (Å²) in [7, 11) is 0. The molecule has 0 unspecified atom stereocenters. The molecule has 0 aliphatic rings. The Bertz CT molecular complexity index is 1380. The lowest BCUT2D eigenvalue weighted by Crippen LogP contribution is -2.05. The minimum atomic E-state index is -2.68. The highest BCUT2D eigenvalue weighted by molar-refractivity contribution is 7.98. The number of aryl methyl sites for hydroxylation is 1. The van der Waals surface area contributed by atoms with Crippen LogP contribution in [0.4, 0.5) is 8.78 Å². The summed E-state index contributed by atoms with van der Waals surface area (Å²) < 4.78 is 30.5. The van der Waals surface area contributed by atoms with Crippen LogP contribution in [-0.4, -0.2) is 29.3 Å². The van der Waals surface area contributed by atoms with Crippen molar-refractivity contribution in [3.05, 3.63) is 84.4 Å². The summed E-state index contributed by atoms with van der Waals surface area (Å²) in [6.45, 7) is -0.671. The lowest BCUT2D eigenvalue weighted by Gasteiger charge is -2.13. The molecule has 0 N–H and O–H groups in total. The standard InChI is InChI=1S/C23H18F2N6S/c1-15-6-2-4-8-18(15)31-21(16-10-12-26-13-11-16)28-29-23(31)32-14-20-27-17-7-3-5-9-19(17)30(20)22(24)25/h2-13,22H,14H2,1H3. The maximum Gasteiger partial charge on any atom is 0.320 e. The largest absolute Gasteiger partial charge is 0.320 e. The van der Waals surface area contributed by atoms with Gasteiger partial charge in [0.25, 0.3) is 0 Å². The Kier molecular flexibility index (Phi) is 5.40. The molecule has 5 rings (SSSR count). The Morgan fingerprint density at radius 2 is 1.69 bits per heavy atom. The molecule has 3 heterocycles. The van der Waals surface area contributed by atoms with Crippen LogP contribution in [0.1, 0.15) is 17.9 Å².